The van der Waals surface area contributed by atoms with Gasteiger partial charge in [0.05, 0.1) is 11.6 Å². The molecule has 0 aromatic heterocycles. The van der Waals surface area contributed by atoms with Crippen LogP contribution in [0.2, 0.25) is 0 Å². The monoisotopic (exact) mass is 477 g/mol. The SMILES string of the molecule is CC(=O)C(OC(=O)c1ccccc1)C(c1ccccc1)N(Cc1ccccc1)C(C)c1ccccc1. The molecule has 0 heterocycles. The average molecular weight is 478 g/mol. The third-order valence-electron chi connectivity index (χ3n) is 6.42. The summed E-state index contributed by atoms with van der Waals surface area (Å²) < 4.78 is 5.99. The Kier molecular flexibility index (Phi) is 8.43. The second kappa shape index (κ2) is 12.1. The number of Topliss-reactive ketones (excluding diaryl/α,β-unsaturated/α-hetero) is 1. The molecule has 4 rings (SSSR count). The molecular weight excluding hydrogens is 446 g/mol. The van der Waals surface area contributed by atoms with Crippen LogP contribution in [-0.2, 0) is 16.1 Å². The summed E-state index contributed by atoms with van der Waals surface area (Å²) in [6.45, 7) is 4.19. The van der Waals surface area contributed by atoms with Crippen LogP contribution in [-0.4, -0.2) is 22.8 Å². The van der Waals surface area contributed by atoms with Gasteiger partial charge in [-0.15, -0.1) is 0 Å². The summed E-state index contributed by atoms with van der Waals surface area (Å²) in [6.07, 6.45) is -0.991. The van der Waals surface area contributed by atoms with Crippen LogP contribution in [0.5, 0.6) is 0 Å². The second-order valence-electron chi connectivity index (χ2n) is 8.90. The number of ether oxygens (including phenoxy) is 1. The number of carbonyl (C=O) groups excluding carboxylic acids is 2. The smallest absolute Gasteiger partial charge is 0.338 e. The maximum atomic E-state index is 13.1. The van der Waals surface area contributed by atoms with E-state index in [1.807, 2.05) is 72.8 Å². The van der Waals surface area contributed by atoms with Crippen LogP contribution in [0.15, 0.2) is 121 Å². The second-order valence-corrected chi connectivity index (χ2v) is 8.90. The molecule has 182 valence electrons. The molecule has 4 aromatic carbocycles. The number of nitrogens with zero attached hydrogens (tertiary/aromatic N) is 1. The molecule has 4 nitrogen and oxygen atoms in total. The van der Waals surface area contributed by atoms with Gasteiger partial charge in [0.1, 0.15) is 0 Å². The highest BCUT2D eigenvalue weighted by Crippen LogP contribution is 2.36. The highest BCUT2D eigenvalue weighted by atomic mass is 16.5. The summed E-state index contributed by atoms with van der Waals surface area (Å²) in [5, 5.41) is 0. The molecule has 3 atom stereocenters. The van der Waals surface area contributed by atoms with E-state index in [0.29, 0.717) is 12.1 Å². The van der Waals surface area contributed by atoms with E-state index in [1.54, 1.807) is 24.3 Å². The van der Waals surface area contributed by atoms with Crippen LogP contribution in [0.4, 0.5) is 0 Å². The largest absolute Gasteiger partial charge is 0.449 e. The molecule has 3 unspecified atom stereocenters. The standard InChI is InChI=1S/C32H31NO3/c1-24(27-17-9-4-10-18-27)33(23-26-15-7-3-8-16-26)30(28-19-11-5-12-20-28)31(25(2)34)36-32(35)29-21-13-6-14-22-29/h3-22,24,30-31H,23H2,1-2H3. The van der Waals surface area contributed by atoms with Gasteiger partial charge in [-0.2, -0.15) is 0 Å². The van der Waals surface area contributed by atoms with Gasteiger partial charge < -0.3 is 4.74 Å². The van der Waals surface area contributed by atoms with Crippen molar-refractivity contribution in [3.05, 3.63) is 144 Å². The Labute approximate surface area is 213 Å². The van der Waals surface area contributed by atoms with Crippen LogP contribution in [0.1, 0.15) is 53.0 Å². The Balaban J connectivity index is 1.80. The Hall–Kier alpha value is -4.02. The predicted octanol–water partition coefficient (Wildman–Crippen LogP) is 6.81. The Bertz CT molecular complexity index is 1240. The lowest BCUT2D eigenvalue weighted by atomic mass is 9.93. The number of rotatable bonds is 10. The Morgan fingerprint density at radius 3 is 1.69 bits per heavy atom. The molecule has 0 spiro atoms. The maximum absolute atomic E-state index is 13.1. The molecule has 0 fully saturated rings. The lowest BCUT2D eigenvalue weighted by molar-refractivity contribution is -0.130. The minimum atomic E-state index is -0.991. The van der Waals surface area contributed by atoms with Gasteiger partial charge in [-0.05, 0) is 42.7 Å². The molecule has 0 radical (unpaired) electrons. The van der Waals surface area contributed by atoms with E-state index in [2.05, 4.69) is 36.1 Å². The lowest BCUT2D eigenvalue weighted by Gasteiger charge is -2.40. The summed E-state index contributed by atoms with van der Waals surface area (Å²) >= 11 is 0. The van der Waals surface area contributed by atoms with Crippen molar-refractivity contribution >= 4 is 11.8 Å². The molecule has 0 N–H and O–H groups in total. The number of hydrogen-bond donors (Lipinski definition) is 0. The number of ketones is 1. The van der Waals surface area contributed by atoms with E-state index in [0.717, 1.165) is 16.7 Å². The molecule has 0 aliphatic rings. The van der Waals surface area contributed by atoms with E-state index in [9.17, 15) is 9.59 Å². The van der Waals surface area contributed by atoms with Crippen LogP contribution < -0.4 is 0 Å². The summed E-state index contributed by atoms with van der Waals surface area (Å²) in [4.78, 5) is 28.5. The summed E-state index contributed by atoms with van der Waals surface area (Å²) in [5.74, 6) is -0.713. The Morgan fingerprint density at radius 2 is 1.17 bits per heavy atom. The van der Waals surface area contributed by atoms with Crippen molar-refractivity contribution in [2.45, 2.75) is 38.6 Å². The molecule has 4 heteroatoms. The van der Waals surface area contributed by atoms with E-state index in [1.165, 1.54) is 6.92 Å². The van der Waals surface area contributed by atoms with Gasteiger partial charge in [0, 0.05) is 12.6 Å². The molecule has 0 amide bonds. The van der Waals surface area contributed by atoms with Crippen molar-refractivity contribution in [3.63, 3.8) is 0 Å². The Morgan fingerprint density at radius 1 is 0.694 bits per heavy atom. The third-order valence-corrected chi connectivity index (χ3v) is 6.42. The normalized spacial score (nSPS) is 13.5. The highest BCUT2D eigenvalue weighted by Gasteiger charge is 2.38. The first-order valence-corrected chi connectivity index (χ1v) is 12.2. The fourth-order valence-corrected chi connectivity index (χ4v) is 4.51. The molecule has 36 heavy (non-hydrogen) atoms. The molecular formula is C32H31NO3. The lowest BCUT2D eigenvalue weighted by Crippen LogP contribution is -2.43. The third kappa shape index (κ3) is 6.15. The minimum Gasteiger partial charge on any atom is -0.449 e. The van der Waals surface area contributed by atoms with E-state index >= 15 is 0 Å². The fourth-order valence-electron chi connectivity index (χ4n) is 4.51. The average Bonchev–Trinajstić information content (AvgIpc) is 2.93. The zero-order chi connectivity index (χ0) is 25.3. The van der Waals surface area contributed by atoms with Crippen molar-refractivity contribution in [1.82, 2.24) is 4.90 Å². The molecule has 0 bridgehead atoms. The minimum absolute atomic E-state index is 0.0612. The fraction of sp³-hybridized carbons (Fsp3) is 0.188. The zero-order valence-electron chi connectivity index (χ0n) is 20.7. The first-order chi connectivity index (χ1) is 17.5. The van der Waals surface area contributed by atoms with Gasteiger partial charge in [-0.25, -0.2) is 4.79 Å². The number of hydrogen-bond acceptors (Lipinski definition) is 4. The van der Waals surface area contributed by atoms with Gasteiger partial charge in [0.15, 0.2) is 11.9 Å². The van der Waals surface area contributed by atoms with Crippen molar-refractivity contribution in [3.8, 4) is 0 Å². The van der Waals surface area contributed by atoms with Crippen molar-refractivity contribution in [2.24, 2.45) is 0 Å². The van der Waals surface area contributed by atoms with Gasteiger partial charge in [-0.3, -0.25) is 9.69 Å². The summed E-state index contributed by atoms with van der Waals surface area (Å²) in [6, 6.07) is 38.4. The zero-order valence-corrected chi connectivity index (χ0v) is 20.7. The molecule has 4 aromatic rings. The van der Waals surface area contributed by atoms with Gasteiger partial charge in [-0.1, -0.05) is 109 Å². The molecule has 0 saturated carbocycles. The first-order valence-electron chi connectivity index (χ1n) is 12.2. The van der Waals surface area contributed by atoms with Gasteiger partial charge >= 0.3 is 5.97 Å². The van der Waals surface area contributed by atoms with Gasteiger partial charge in [0.25, 0.3) is 0 Å². The van der Waals surface area contributed by atoms with Crippen molar-refractivity contribution in [2.75, 3.05) is 0 Å². The molecule has 0 aliphatic heterocycles. The quantitative estimate of drug-likeness (QED) is 0.236. The van der Waals surface area contributed by atoms with Crippen molar-refractivity contribution < 1.29 is 14.3 Å². The topological polar surface area (TPSA) is 46.6 Å². The molecule has 0 aliphatic carbocycles. The summed E-state index contributed by atoms with van der Waals surface area (Å²) in [7, 11) is 0. The van der Waals surface area contributed by atoms with E-state index in [-0.39, 0.29) is 11.8 Å². The van der Waals surface area contributed by atoms with Crippen LogP contribution in [0, 0.1) is 0 Å². The van der Waals surface area contributed by atoms with Crippen LogP contribution >= 0.6 is 0 Å². The maximum Gasteiger partial charge on any atom is 0.338 e. The van der Waals surface area contributed by atoms with Gasteiger partial charge in [0.2, 0.25) is 0 Å². The van der Waals surface area contributed by atoms with Crippen LogP contribution in [0.3, 0.4) is 0 Å². The van der Waals surface area contributed by atoms with Crippen molar-refractivity contribution in [1.29, 1.82) is 0 Å². The van der Waals surface area contributed by atoms with E-state index < -0.39 is 18.1 Å². The summed E-state index contributed by atoms with van der Waals surface area (Å²) in [5.41, 5.74) is 3.56. The predicted molar refractivity (Wildman–Crippen MR) is 142 cm³/mol. The number of esters is 1. The first kappa shape index (κ1) is 25.1. The number of benzene rings is 4. The van der Waals surface area contributed by atoms with Crippen LogP contribution in [0.25, 0.3) is 0 Å². The molecule has 0 saturated heterocycles. The number of carbonyl (C=O) groups is 2. The van der Waals surface area contributed by atoms with E-state index in [4.69, 9.17) is 4.74 Å². The highest BCUT2D eigenvalue weighted by molar-refractivity contribution is 5.92.